The third-order valence-electron chi connectivity index (χ3n) is 4.14. The van der Waals surface area contributed by atoms with E-state index in [0.29, 0.717) is 13.1 Å². The van der Waals surface area contributed by atoms with Crippen molar-refractivity contribution in [3.8, 4) is 11.1 Å². The molecule has 136 valence electrons. The second-order valence-electron chi connectivity index (χ2n) is 6.09. The third kappa shape index (κ3) is 4.95. The molecule has 0 aliphatic carbocycles. The fraction of sp³-hybridized carbons (Fsp3) is 0.375. The van der Waals surface area contributed by atoms with Gasteiger partial charge in [0.1, 0.15) is 0 Å². The molecule has 0 radical (unpaired) electrons. The van der Waals surface area contributed by atoms with Gasteiger partial charge in [0.25, 0.3) is 0 Å². The lowest BCUT2D eigenvalue weighted by Gasteiger charge is -2.27. The Balaban J connectivity index is 2.08. The summed E-state index contributed by atoms with van der Waals surface area (Å²) in [5.41, 5.74) is 8.81. The number of carbonyl (C=O) groups is 1. The van der Waals surface area contributed by atoms with Crippen LogP contribution in [0.4, 0.5) is 0 Å². The van der Waals surface area contributed by atoms with E-state index in [9.17, 15) is 13.6 Å². The molecule has 1 heterocycles. The fourth-order valence-electron chi connectivity index (χ4n) is 2.48. The molecular formula is C16H21N4O4S-. The first-order chi connectivity index (χ1) is 11.9. The topological polar surface area (TPSA) is 133 Å². The van der Waals surface area contributed by atoms with Gasteiger partial charge in [0.2, 0.25) is 5.91 Å². The van der Waals surface area contributed by atoms with Gasteiger partial charge < -0.3 is 10.3 Å². The van der Waals surface area contributed by atoms with Crippen LogP contribution in [-0.2, 0) is 29.0 Å². The molecule has 0 saturated heterocycles. The lowest BCUT2D eigenvalue weighted by molar-refractivity contribution is -0.138. The Labute approximate surface area is 148 Å². The number of hydrogen-bond acceptors (Lipinski definition) is 6. The van der Waals surface area contributed by atoms with Crippen LogP contribution in [0.1, 0.15) is 18.9 Å². The van der Waals surface area contributed by atoms with Gasteiger partial charge in [-0.25, -0.2) is 5.48 Å². The van der Waals surface area contributed by atoms with Gasteiger partial charge >= 0.3 is 0 Å². The van der Waals surface area contributed by atoms with E-state index in [1.807, 2.05) is 30.5 Å². The number of nitrogens with zero attached hydrogens (tertiary/aromatic N) is 2. The zero-order valence-corrected chi connectivity index (χ0v) is 14.7. The van der Waals surface area contributed by atoms with Crippen molar-refractivity contribution in [2.45, 2.75) is 26.4 Å². The first kappa shape index (κ1) is 19.3. The summed E-state index contributed by atoms with van der Waals surface area (Å²) < 4.78 is 23.6. The van der Waals surface area contributed by atoms with Gasteiger partial charge in [-0.2, -0.15) is 5.10 Å². The summed E-state index contributed by atoms with van der Waals surface area (Å²) in [5, 5.41) is 13.1. The number of rotatable bonds is 8. The van der Waals surface area contributed by atoms with Gasteiger partial charge in [-0.3, -0.25) is 18.9 Å². The molecule has 1 amide bonds. The lowest BCUT2D eigenvalue weighted by Crippen LogP contribution is -2.42. The van der Waals surface area contributed by atoms with E-state index < -0.39 is 22.4 Å². The van der Waals surface area contributed by atoms with Crippen LogP contribution >= 0.6 is 0 Å². The van der Waals surface area contributed by atoms with Crippen molar-refractivity contribution < 1.29 is 18.8 Å². The molecule has 9 heteroatoms. The Kier molecular flexibility index (Phi) is 6.43. The number of aryl methyl sites for hydroxylation is 1. The van der Waals surface area contributed by atoms with Crippen LogP contribution in [0, 0.1) is 5.41 Å². The zero-order chi connectivity index (χ0) is 18.4. The van der Waals surface area contributed by atoms with Crippen molar-refractivity contribution in [1.82, 2.24) is 15.3 Å². The second-order valence-corrected chi connectivity index (χ2v) is 6.99. The van der Waals surface area contributed by atoms with E-state index in [-0.39, 0.29) is 12.2 Å². The Hall–Kier alpha value is -2.07. The molecule has 25 heavy (non-hydrogen) atoms. The molecule has 2 aromatic rings. The normalized spacial score (nSPS) is 14.7. The van der Waals surface area contributed by atoms with Crippen LogP contribution in [0.2, 0.25) is 0 Å². The third-order valence-corrected chi connectivity index (χ3v) is 5.01. The van der Waals surface area contributed by atoms with E-state index in [1.54, 1.807) is 10.9 Å². The predicted molar refractivity (Wildman–Crippen MR) is 92.0 cm³/mol. The molecule has 4 N–H and O–H groups in total. The monoisotopic (exact) mass is 365 g/mol. The molecule has 0 saturated carbocycles. The molecule has 0 aliphatic rings. The van der Waals surface area contributed by atoms with Gasteiger partial charge in [0.05, 0.1) is 11.6 Å². The molecule has 0 aliphatic heterocycles. The second kappa shape index (κ2) is 8.34. The van der Waals surface area contributed by atoms with Gasteiger partial charge in [0.15, 0.2) is 0 Å². The number of amides is 1. The molecule has 0 spiro atoms. The smallest absolute Gasteiger partial charge is 0.250 e. The highest BCUT2D eigenvalue weighted by molar-refractivity contribution is 7.79. The van der Waals surface area contributed by atoms with Crippen molar-refractivity contribution in [3.63, 3.8) is 0 Å². The van der Waals surface area contributed by atoms with Crippen molar-refractivity contribution in [2.75, 3.05) is 5.75 Å². The number of carbonyl (C=O) groups excluding carboxylic acids is 1. The maximum absolute atomic E-state index is 11.8. The quantitative estimate of drug-likeness (QED) is 0.360. The summed E-state index contributed by atoms with van der Waals surface area (Å²) in [7, 11) is 0. The largest absolute Gasteiger partial charge is 0.772 e. The van der Waals surface area contributed by atoms with Crippen LogP contribution in [0.5, 0.6) is 0 Å². The fourth-order valence-corrected chi connectivity index (χ4v) is 3.27. The highest BCUT2D eigenvalue weighted by Crippen LogP contribution is 2.25. The van der Waals surface area contributed by atoms with Crippen LogP contribution in [0.25, 0.3) is 11.1 Å². The SMILES string of the molecule is CC(CCn1cc(-c2ccc(CN)cc2)cn1)(CS(=O)[O-])C(=O)NO. The summed E-state index contributed by atoms with van der Waals surface area (Å²) in [6, 6.07) is 7.79. The van der Waals surface area contributed by atoms with Crippen LogP contribution in [0.3, 0.4) is 0 Å². The minimum absolute atomic E-state index is 0.209. The van der Waals surface area contributed by atoms with Crippen molar-refractivity contribution in [3.05, 3.63) is 42.2 Å². The standard InChI is InChI=1S/C16H22N4O4S/c1-16(11-25(23)24,15(21)19-22)6-7-20-10-14(9-18-20)13-4-2-12(8-17)3-5-13/h2-5,9-10,22H,6-8,11,17H2,1H3,(H,19,21)(H,23,24)/p-1. The number of hydrogen-bond donors (Lipinski definition) is 3. The number of hydroxylamine groups is 1. The molecule has 8 nitrogen and oxygen atoms in total. The first-order valence-electron chi connectivity index (χ1n) is 7.70. The van der Waals surface area contributed by atoms with Crippen LogP contribution in [-0.4, -0.2) is 35.4 Å². The summed E-state index contributed by atoms with van der Waals surface area (Å²) in [6.07, 6.45) is 3.73. The lowest BCUT2D eigenvalue weighted by atomic mass is 9.88. The zero-order valence-electron chi connectivity index (χ0n) is 13.8. The van der Waals surface area contributed by atoms with E-state index in [1.165, 1.54) is 12.4 Å². The van der Waals surface area contributed by atoms with Crippen LogP contribution < -0.4 is 11.2 Å². The maximum atomic E-state index is 11.8. The first-order valence-corrected chi connectivity index (χ1v) is 8.94. The van der Waals surface area contributed by atoms with Gasteiger partial charge in [-0.05, 0) is 24.5 Å². The van der Waals surface area contributed by atoms with E-state index in [4.69, 9.17) is 10.9 Å². The molecule has 2 rings (SSSR count). The average Bonchev–Trinajstić information content (AvgIpc) is 3.08. The summed E-state index contributed by atoms with van der Waals surface area (Å²) in [5.74, 6) is -1.12. The highest BCUT2D eigenvalue weighted by atomic mass is 32.2. The van der Waals surface area contributed by atoms with E-state index >= 15 is 0 Å². The van der Waals surface area contributed by atoms with Gasteiger partial charge in [0, 0.05) is 30.6 Å². The van der Waals surface area contributed by atoms with Crippen molar-refractivity contribution in [1.29, 1.82) is 0 Å². The molecule has 2 unspecified atom stereocenters. The molecule has 1 aromatic heterocycles. The van der Waals surface area contributed by atoms with Gasteiger partial charge in [-0.1, -0.05) is 35.3 Å². The highest BCUT2D eigenvalue weighted by Gasteiger charge is 2.33. The average molecular weight is 365 g/mol. The molecule has 2 atom stereocenters. The Morgan fingerprint density at radius 1 is 1.40 bits per heavy atom. The number of benzene rings is 1. The summed E-state index contributed by atoms with van der Waals surface area (Å²) in [6.45, 7) is 2.30. The maximum Gasteiger partial charge on any atom is 0.250 e. The minimum atomic E-state index is -2.40. The van der Waals surface area contributed by atoms with E-state index in [0.717, 1.165) is 16.7 Å². The molecule has 0 bridgehead atoms. The molecule has 1 aromatic carbocycles. The number of aromatic nitrogens is 2. The van der Waals surface area contributed by atoms with Crippen molar-refractivity contribution >= 4 is 17.0 Å². The Morgan fingerprint density at radius 3 is 2.64 bits per heavy atom. The number of nitrogens with one attached hydrogen (secondary N) is 1. The van der Waals surface area contributed by atoms with Gasteiger partial charge in [-0.15, -0.1) is 0 Å². The summed E-state index contributed by atoms with van der Waals surface area (Å²) in [4.78, 5) is 11.8. The van der Waals surface area contributed by atoms with E-state index in [2.05, 4.69) is 5.10 Å². The van der Waals surface area contributed by atoms with Crippen molar-refractivity contribution in [2.24, 2.45) is 11.1 Å². The van der Waals surface area contributed by atoms with Crippen LogP contribution in [0.15, 0.2) is 36.7 Å². The predicted octanol–water partition coefficient (Wildman–Crippen LogP) is 0.790. The summed E-state index contributed by atoms with van der Waals surface area (Å²) >= 11 is -2.40. The molecule has 0 fully saturated rings. The number of nitrogens with two attached hydrogens (primary N) is 1. The Bertz CT molecular complexity index is 747. The molecular weight excluding hydrogens is 344 g/mol. The minimum Gasteiger partial charge on any atom is -0.772 e. The Morgan fingerprint density at radius 2 is 2.08 bits per heavy atom.